The Balaban J connectivity index is 2.62. The van der Waals surface area contributed by atoms with E-state index in [9.17, 15) is 9.59 Å². The van der Waals surface area contributed by atoms with Gasteiger partial charge in [-0.05, 0) is 37.6 Å². The van der Waals surface area contributed by atoms with E-state index in [1.54, 1.807) is 6.92 Å². The quantitative estimate of drug-likeness (QED) is 0.668. The van der Waals surface area contributed by atoms with Crippen LogP contribution < -0.4 is 5.32 Å². The molecule has 22 heavy (non-hydrogen) atoms. The first-order valence-corrected chi connectivity index (χ1v) is 8.44. The largest absolute Gasteiger partial charge is 0.481 e. The molecule has 1 atom stereocenters. The maximum atomic E-state index is 12.1. The van der Waals surface area contributed by atoms with Crippen molar-refractivity contribution in [3.8, 4) is 0 Å². The van der Waals surface area contributed by atoms with Crippen LogP contribution in [0.5, 0.6) is 0 Å². The Labute approximate surface area is 142 Å². The highest BCUT2D eigenvalue weighted by Gasteiger charge is 2.29. The van der Waals surface area contributed by atoms with Crippen LogP contribution in [0.1, 0.15) is 18.9 Å². The van der Waals surface area contributed by atoms with E-state index < -0.39 is 11.5 Å². The molecule has 1 unspecified atom stereocenters. The number of halogens is 1. The van der Waals surface area contributed by atoms with Crippen molar-refractivity contribution in [1.82, 2.24) is 5.32 Å². The summed E-state index contributed by atoms with van der Waals surface area (Å²) in [6.45, 7) is 3.79. The van der Waals surface area contributed by atoms with Crippen molar-refractivity contribution in [3.05, 3.63) is 28.2 Å². The van der Waals surface area contributed by atoms with E-state index in [2.05, 4.69) is 21.2 Å². The molecule has 5 nitrogen and oxygen atoms in total. The summed E-state index contributed by atoms with van der Waals surface area (Å²) in [7, 11) is 1.48. The molecular weight excluding hydrogens is 370 g/mol. The Morgan fingerprint density at radius 2 is 2.14 bits per heavy atom. The van der Waals surface area contributed by atoms with Crippen LogP contribution >= 0.6 is 27.7 Å². The molecule has 0 fully saturated rings. The summed E-state index contributed by atoms with van der Waals surface area (Å²) in [5.41, 5.74) is 0.171. The second-order valence-electron chi connectivity index (χ2n) is 5.31. The van der Waals surface area contributed by atoms with E-state index in [4.69, 9.17) is 9.84 Å². The van der Waals surface area contributed by atoms with Gasteiger partial charge in [0.25, 0.3) is 0 Å². The number of thioether (sulfide) groups is 1. The van der Waals surface area contributed by atoms with Crippen molar-refractivity contribution in [1.29, 1.82) is 0 Å². The minimum Gasteiger partial charge on any atom is -0.481 e. The number of benzene rings is 1. The van der Waals surface area contributed by atoms with Crippen molar-refractivity contribution >= 4 is 39.6 Å². The molecule has 1 amide bonds. The van der Waals surface area contributed by atoms with Crippen molar-refractivity contribution in [2.75, 3.05) is 19.5 Å². The third kappa shape index (κ3) is 6.37. The molecule has 122 valence electrons. The standard InChI is InChI=1S/C15H20BrNO4S/c1-10-6-11(16)4-5-12(10)22-8-13(18)17-15(2,9-21-3)7-14(19)20/h4-6H,7-9H2,1-3H3,(H,17,18)(H,19,20). The van der Waals surface area contributed by atoms with Gasteiger partial charge in [-0.15, -0.1) is 11.8 Å². The molecule has 2 N–H and O–H groups in total. The number of nitrogens with one attached hydrogen (secondary N) is 1. The molecule has 0 aliphatic heterocycles. The second kappa shape index (κ2) is 8.55. The minimum atomic E-state index is -0.976. The fourth-order valence-corrected chi connectivity index (χ4v) is 3.36. The van der Waals surface area contributed by atoms with Crippen LogP contribution in [0, 0.1) is 6.92 Å². The molecule has 1 aromatic rings. The van der Waals surface area contributed by atoms with Crippen LogP contribution in [0.4, 0.5) is 0 Å². The van der Waals surface area contributed by atoms with E-state index in [1.165, 1.54) is 18.9 Å². The topological polar surface area (TPSA) is 75.6 Å². The highest BCUT2D eigenvalue weighted by molar-refractivity contribution is 9.10. The Bertz CT molecular complexity index is 552. The van der Waals surface area contributed by atoms with E-state index >= 15 is 0 Å². The monoisotopic (exact) mass is 389 g/mol. The lowest BCUT2D eigenvalue weighted by Gasteiger charge is -2.28. The Hall–Kier alpha value is -1.05. The summed E-state index contributed by atoms with van der Waals surface area (Å²) in [5, 5.41) is 11.7. The van der Waals surface area contributed by atoms with Crippen LogP contribution in [-0.4, -0.2) is 42.0 Å². The summed E-state index contributed by atoms with van der Waals surface area (Å²) in [5.74, 6) is -0.967. The van der Waals surface area contributed by atoms with E-state index in [0.29, 0.717) is 0 Å². The lowest BCUT2D eigenvalue weighted by atomic mass is 9.99. The number of aryl methyl sites for hydroxylation is 1. The smallest absolute Gasteiger partial charge is 0.305 e. The number of hydrogen-bond acceptors (Lipinski definition) is 4. The number of carboxylic acid groups (broad SMARTS) is 1. The van der Waals surface area contributed by atoms with Gasteiger partial charge in [0.05, 0.1) is 24.3 Å². The molecule has 0 aromatic heterocycles. The Morgan fingerprint density at radius 1 is 1.45 bits per heavy atom. The number of ether oxygens (including phenoxy) is 1. The molecule has 7 heteroatoms. The summed E-state index contributed by atoms with van der Waals surface area (Å²) in [6, 6.07) is 5.86. The van der Waals surface area contributed by atoms with Gasteiger partial charge in [0.1, 0.15) is 0 Å². The lowest BCUT2D eigenvalue weighted by molar-refractivity contribution is -0.139. The number of amides is 1. The first-order chi connectivity index (χ1) is 10.3. The van der Waals surface area contributed by atoms with Gasteiger partial charge in [0, 0.05) is 16.5 Å². The minimum absolute atomic E-state index is 0.146. The zero-order valence-electron chi connectivity index (χ0n) is 12.8. The number of methoxy groups -OCH3 is 1. The summed E-state index contributed by atoms with van der Waals surface area (Å²) in [6.07, 6.45) is -0.186. The Morgan fingerprint density at radius 3 is 2.68 bits per heavy atom. The fraction of sp³-hybridized carbons (Fsp3) is 0.467. The first-order valence-electron chi connectivity index (χ1n) is 6.66. The third-order valence-electron chi connectivity index (χ3n) is 2.94. The average Bonchev–Trinajstić information content (AvgIpc) is 2.36. The summed E-state index contributed by atoms with van der Waals surface area (Å²) in [4.78, 5) is 24.0. The van der Waals surface area contributed by atoms with Gasteiger partial charge in [0.2, 0.25) is 5.91 Å². The number of carboxylic acids is 1. The zero-order chi connectivity index (χ0) is 16.8. The van der Waals surface area contributed by atoms with Crippen LogP contribution in [0.25, 0.3) is 0 Å². The van der Waals surface area contributed by atoms with Crippen molar-refractivity contribution in [2.24, 2.45) is 0 Å². The number of aliphatic carboxylic acids is 1. The molecule has 0 saturated carbocycles. The highest BCUT2D eigenvalue weighted by atomic mass is 79.9. The van der Waals surface area contributed by atoms with Crippen molar-refractivity contribution < 1.29 is 19.4 Å². The van der Waals surface area contributed by atoms with Gasteiger partial charge in [-0.25, -0.2) is 0 Å². The summed E-state index contributed by atoms with van der Waals surface area (Å²) < 4.78 is 6.01. The molecule has 0 aliphatic rings. The van der Waals surface area contributed by atoms with Gasteiger partial charge < -0.3 is 15.2 Å². The van der Waals surface area contributed by atoms with Gasteiger partial charge in [-0.3, -0.25) is 9.59 Å². The molecule has 0 bridgehead atoms. The van der Waals surface area contributed by atoms with Crippen LogP contribution in [0.15, 0.2) is 27.6 Å². The number of hydrogen-bond donors (Lipinski definition) is 2. The average molecular weight is 390 g/mol. The van der Waals surface area contributed by atoms with Crippen LogP contribution in [0.3, 0.4) is 0 Å². The van der Waals surface area contributed by atoms with E-state index in [-0.39, 0.29) is 24.7 Å². The van der Waals surface area contributed by atoms with Crippen LogP contribution in [0.2, 0.25) is 0 Å². The van der Waals surface area contributed by atoms with E-state index in [0.717, 1.165) is 14.9 Å². The molecule has 1 aromatic carbocycles. The number of carbonyl (C=O) groups is 2. The zero-order valence-corrected chi connectivity index (χ0v) is 15.2. The van der Waals surface area contributed by atoms with Gasteiger partial charge in [0.15, 0.2) is 0 Å². The van der Waals surface area contributed by atoms with Crippen molar-refractivity contribution in [3.63, 3.8) is 0 Å². The Kier molecular flexibility index (Phi) is 7.38. The first kappa shape index (κ1) is 19.0. The predicted octanol–water partition coefficient (Wildman–Crippen LogP) is 2.85. The molecule has 0 radical (unpaired) electrons. The fourth-order valence-electron chi connectivity index (χ4n) is 2.07. The van der Waals surface area contributed by atoms with Gasteiger partial charge in [-0.2, -0.15) is 0 Å². The lowest BCUT2D eigenvalue weighted by Crippen LogP contribution is -2.51. The third-order valence-corrected chi connectivity index (χ3v) is 4.61. The van der Waals surface area contributed by atoms with E-state index in [1.807, 2.05) is 25.1 Å². The number of rotatable bonds is 8. The highest BCUT2D eigenvalue weighted by Crippen LogP contribution is 2.25. The maximum Gasteiger partial charge on any atom is 0.305 e. The molecule has 0 spiro atoms. The molecular formula is C15H20BrNO4S. The molecule has 0 aliphatic carbocycles. The predicted molar refractivity (Wildman–Crippen MR) is 90.3 cm³/mol. The normalized spacial score (nSPS) is 13.5. The number of carbonyl (C=O) groups excluding carboxylic acids is 1. The maximum absolute atomic E-state index is 12.1. The molecule has 1 rings (SSSR count). The SMILES string of the molecule is COCC(C)(CC(=O)O)NC(=O)CSc1ccc(Br)cc1C. The molecule has 0 saturated heterocycles. The second-order valence-corrected chi connectivity index (χ2v) is 7.24. The van der Waals surface area contributed by atoms with Crippen molar-refractivity contribution in [2.45, 2.75) is 30.7 Å². The van der Waals surface area contributed by atoms with Gasteiger partial charge in [-0.1, -0.05) is 15.9 Å². The molecule has 0 heterocycles. The summed E-state index contributed by atoms with van der Waals surface area (Å²) >= 11 is 4.82. The van der Waals surface area contributed by atoms with Gasteiger partial charge >= 0.3 is 5.97 Å². The van der Waals surface area contributed by atoms with Crippen LogP contribution in [-0.2, 0) is 14.3 Å².